The maximum atomic E-state index is 13.7. The number of nitrogens with zero attached hydrogens (tertiary/aromatic N) is 2. The maximum Gasteiger partial charge on any atom is 0.337 e. The van der Waals surface area contributed by atoms with E-state index in [-0.39, 0.29) is 5.82 Å². The molecule has 0 saturated heterocycles. The van der Waals surface area contributed by atoms with Gasteiger partial charge < -0.3 is 14.6 Å². The van der Waals surface area contributed by atoms with Crippen molar-refractivity contribution in [3.05, 3.63) is 105 Å². The van der Waals surface area contributed by atoms with Crippen LogP contribution in [-0.2, 0) is 35.5 Å². The van der Waals surface area contributed by atoms with Crippen LogP contribution in [0.15, 0.2) is 54.6 Å². The summed E-state index contributed by atoms with van der Waals surface area (Å²) in [7, 11) is 0. The van der Waals surface area contributed by atoms with Crippen LogP contribution in [0.5, 0.6) is 5.75 Å². The third kappa shape index (κ3) is 6.58. The smallest absolute Gasteiger partial charge is 0.337 e. The summed E-state index contributed by atoms with van der Waals surface area (Å²) in [5, 5.41) is 10.5. The van der Waals surface area contributed by atoms with Crippen LogP contribution in [0.1, 0.15) is 78.1 Å². The summed E-state index contributed by atoms with van der Waals surface area (Å²) in [6.45, 7) is 14.6. The number of rotatable bonds is 7. The molecule has 6 nitrogen and oxygen atoms in total. The molecule has 1 N–H and O–H groups in total. The summed E-state index contributed by atoms with van der Waals surface area (Å²) in [4.78, 5) is 20.2. The number of ether oxygens (including phenoxy) is 2. The summed E-state index contributed by atoms with van der Waals surface area (Å²) in [5.74, 6) is -0.362. The van der Waals surface area contributed by atoms with Gasteiger partial charge >= 0.3 is 5.97 Å². The lowest BCUT2D eigenvalue weighted by molar-refractivity contribution is -0.160. The van der Waals surface area contributed by atoms with E-state index in [1.165, 1.54) is 17.2 Å². The van der Waals surface area contributed by atoms with Crippen LogP contribution >= 0.6 is 0 Å². The Labute approximate surface area is 271 Å². The monoisotopic (exact) mass is 622 g/mol. The number of pyridine rings is 1. The molecule has 6 rings (SSSR count). The number of aryl methyl sites for hydroxylation is 4. The highest BCUT2D eigenvalue weighted by Crippen LogP contribution is 2.44. The van der Waals surface area contributed by atoms with Crippen LogP contribution in [0, 0.1) is 26.6 Å². The molecule has 240 valence electrons. The summed E-state index contributed by atoms with van der Waals surface area (Å²) >= 11 is 0. The minimum absolute atomic E-state index is 0.204. The Morgan fingerprint density at radius 3 is 2.43 bits per heavy atom. The van der Waals surface area contributed by atoms with Crippen molar-refractivity contribution in [3.63, 3.8) is 0 Å². The van der Waals surface area contributed by atoms with E-state index in [0.717, 1.165) is 89.3 Å². The number of hydrogen-bond acceptors (Lipinski definition) is 5. The molecule has 46 heavy (non-hydrogen) atoms. The van der Waals surface area contributed by atoms with Gasteiger partial charge in [0.25, 0.3) is 0 Å². The van der Waals surface area contributed by atoms with Gasteiger partial charge in [-0.1, -0.05) is 30.3 Å². The van der Waals surface area contributed by atoms with E-state index in [4.69, 9.17) is 14.5 Å². The van der Waals surface area contributed by atoms with Gasteiger partial charge in [-0.15, -0.1) is 0 Å². The molecule has 0 amide bonds. The fourth-order valence-corrected chi connectivity index (χ4v) is 6.92. The predicted octanol–water partition coefficient (Wildman–Crippen LogP) is 8.30. The van der Waals surface area contributed by atoms with Crippen molar-refractivity contribution in [2.24, 2.45) is 0 Å². The molecule has 0 fully saturated rings. The largest absolute Gasteiger partial charge is 0.493 e. The predicted molar refractivity (Wildman–Crippen MR) is 179 cm³/mol. The minimum atomic E-state index is -1.20. The zero-order valence-corrected chi connectivity index (χ0v) is 27.7. The third-order valence-electron chi connectivity index (χ3n) is 9.05. The van der Waals surface area contributed by atoms with Crippen LogP contribution < -0.4 is 4.74 Å². The van der Waals surface area contributed by atoms with Crippen LogP contribution in [-0.4, -0.2) is 39.7 Å². The fraction of sp³-hybridized carbons (Fsp3) is 0.385. The lowest BCUT2D eigenvalue weighted by Gasteiger charge is -2.31. The Bertz CT molecular complexity index is 1810. The Balaban J connectivity index is 1.46. The van der Waals surface area contributed by atoms with E-state index >= 15 is 0 Å². The van der Waals surface area contributed by atoms with E-state index < -0.39 is 17.7 Å². The maximum absolute atomic E-state index is 13.7. The average molecular weight is 623 g/mol. The van der Waals surface area contributed by atoms with Gasteiger partial charge in [0, 0.05) is 42.1 Å². The molecule has 0 saturated carbocycles. The number of carboxylic acids is 1. The first-order valence-electron chi connectivity index (χ1n) is 16.2. The van der Waals surface area contributed by atoms with Crippen molar-refractivity contribution in [2.45, 2.75) is 85.6 Å². The van der Waals surface area contributed by atoms with Crippen molar-refractivity contribution in [3.8, 4) is 28.0 Å². The molecule has 7 heteroatoms. The van der Waals surface area contributed by atoms with Crippen molar-refractivity contribution in [2.75, 3.05) is 13.2 Å². The molecule has 0 bridgehead atoms. The van der Waals surface area contributed by atoms with E-state index in [1.807, 2.05) is 59.7 Å². The lowest BCUT2D eigenvalue weighted by atomic mass is 9.84. The van der Waals surface area contributed by atoms with Gasteiger partial charge in [-0.25, -0.2) is 9.18 Å². The normalized spacial score (nSPS) is 15.5. The first kappa shape index (κ1) is 31.9. The first-order valence-corrected chi connectivity index (χ1v) is 16.2. The van der Waals surface area contributed by atoms with E-state index in [2.05, 4.69) is 29.2 Å². The second-order valence-electron chi connectivity index (χ2n) is 13.7. The number of carboxylic acid groups (broad SMARTS) is 1. The molecule has 3 aromatic carbocycles. The highest BCUT2D eigenvalue weighted by Gasteiger charge is 2.34. The molecule has 1 aromatic heterocycles. The Hall–Kier alpha value is -4.07. The Kier molecular flexibility index (Phi) is 8.75. The van der Waals surface area contributed by atoms with Crippen LogP contribution in [0.2, 0.25) is 0 Å². The molecular weight excluding hydrogens is 579 g/mol. The number of carbonyl (C=O) groups is 1. The summed E-state index contributed by atoms with van der Waals surface area (Å²) in [6, 6.07) is 17.8. The van der Waals surface area contributed by atoms with Crippen LogP contribution in [0.25, 0.3) is 22.3 Å². The molecule has 1 unspecified atom stereocenters. The number of fused-ring (bicyclic) bond motifs is 2. The Morgan fingerprint density at radius 2 is 1.70 bits per heavy atom. The quantitative estimate of drug-likeness (QED) is 0.224. The van der Waals surface area contributed by atoms with Gasteiger partial charge in [-0.05, 0) is 130 Å². The van der Waals surface area contributed by atoms with Gasteiger partial charge in [-0.3, -0.25) is 9.88 Å². The van der Waals surface area contributed by atoms with E-state index in [9.17, 15) is 14.3 Å². The number of halogens is 1. The second kappa shape index (κ2) is 12.6. The lowest BCUT2D eigenvalue weighted by Crippen LogP contribution is -2.30. The molecular formula is C39H43FN2O4. The molecule has 2 aliphatic rings. The van der Waals surface area contributed by atoms with Crippen LogP contribution in [0.4, 0.5) is 4.39 Å². The molecule has 2 aliphatic heterocycles. The SMILES string of the molecule is Cc1cc(F)ccc1CN1CCc2cc(-c3c(C)nc(C)c(C(OC(C)(C)C)C(=O)O)c3-c3ccc4c(c3)CCCO4)ccc2C1. The number of benzene rings is 3. The summed E-state index contributed by atoms with van der Waals surface area (Å²) in [6.07, 6.45) is 1.53. The molecule has 0 aliphatic carbocycles. The van der Waals surface area contributed by atoms with Gasteiger partial charge in [0.15, 0.2) is 6.10 Å². The molecule has 0 spiro atoms. The zero-order valence-electron chi connectivity index (χ0n) is 27.7. The van der Waals surface area contributed by atoms with E-state index in [0.29, 0.717) is 17.9 Å². The highest BCUT2D eigenvalue weighted by molar-refractivity contribution is 5.91. The second-order valence-corrected chi connectivity index (χ2v) is 13.7. The van der Waals surface area contributed by atoms with Gasteiger partial charge in [0.1, 0.15) is 11.6 Å². The fourth-order valence-electron chi connectivity index (χ4n) is 6.92. The van der Waals surface area contributed by atoms with Crippen LogP contribution in [0.3, 0.4) is 0 Å². The Morgan fingerprint density at radius 1 is 0.957 bits per heavy atom. The summed E-state index contributed by atoms with van der Waals surface area (Å²) < 4.78 is 25.9. The molecule has 3 heterocycles. The molecule has 1 atom stereocenters. The average Bonchev–Trinajstić information content (AvgIpc) is 3.00. The number of aromatic nitrogens is 1. The van der Waals surface area contributed by atoms with Crippen molar-refractivity contribution in [1.29, 1.82) is 0 Å². The standard InChI is InChI=1S/C39H43FN2O4/c1-23-18-32(40)13-11-30(23)21-42-16-15-26-19-28(9-10-31(26)22-42)34-24(2)41-25(3)35(37(38(43)44)46-39(4,5)6)36(34)29-12-14-33-27(20-29)8-7-17-45-33/h9-14,18-20,37H,7-8,15-17,21-22H2,1-6H3,(H,43,44). The van der Waals surface area contributed by atoms with Crippen molar-refractivity contribution >= 4 is 5.97 Å². The zero-order chi connectivity index (χ0) is 32.7. The third-order valence-corrected chi connectivity index (χ3v) is 9.05. The van der Waals surface area contributed by atoms with Crippen molar-refractivity contribution < 1.29 is 23.8 Å². The van der Waals surface area contributed by atoms with Gasteiger partial charge in [0.2, 0.25) is 0 Å². The van der Waals surface area contributed by atoms with Gasteiger partial charge in [0.05, 0.1) is 12.2 Å². The molecule has 4 aromatic rings. The minimum Gasteiger partial charge on any atom is -0.493 e. The van der Waals surface area contributed by atoms with Gasteiger partial charge in [-0.2, -0.15) is 0 Å². The summed E-state index contributed by atoms with van der Waals surface area (Å²) in [5.41, 5.74) is 10.9. The highest BCUT2D eigenvalue weighted by atomic mass is 19.1. The number of aliphatic carboxylic acids is 1. The first-order chi connectivity index (χ1) is 21.9. The topological polar surface area (TPSA) is 71.9 Å². The molecule has 0 radical (unpaired) electrons. The van der Waals surface area contributed by atoms with E-state index in [1.54, 1.807) is 6.07 Å². The van der Waals surface area contributed by atoms with Crippen molar-refractivity contribution in [1.82, 2.24) is 9.88 Å². The number of hydrogen-bond donors (Lipinski definition) is 1.